The van der Waals surface area contributed by atoms with E-state index in [1.807, 2.05) is 0 Å². The second-order valence-corrected chi connectivity index (χ2v) is 8.10. The number of rotatable bonds is 10. The van der Waals surface area contributed by atoms with Gasteiger partial charge in [0.25, 0.3) is 0 Å². The quantitative estimate of drug-likeness (QED) is 0.578. The highest BCUT2D eigenvalue weighted by Crippen LogP contribution is 2.41. The molecule has 3 rings (SSSR count). The Morgan fingerprint density at radius 3 is 2.28 bits per heavy atom. The van der Waals surface area contributed by atoms with E-state index in [4.69, 9.17) is 18.9 Å². The Hall–Kier alpha value is -1.54. The van der Waals surface area contributed by atoms with Crippen LogP contribution in [-0.2, 0) is 4.74 Å². The summed E-state index contributed by atoms with van der Waals surface area (Å²) in [5, 5.41) is 0. The number of nitrogens with one attached hydrogen (secondary N) is 2. The molecule has 7 heteroatoms. The summed E-state index contributed by atoms with van der Waals surface area (Å²) in [4.78, 5) is 2.62. The Balaban J connectivity index is 1.61. The molecule has 0 aromatic heterocycles. The lowest BCUT2D eigenvalue weighted by molar-refractivity contribution is 0.141. The van der Waals surface area contributed by atoms with Gasteiger partial charge in [-0.05, 0) is 62.4 Å². The first kappa shape index (κ1) is 22.2. The second-order valence-electron chi connectivity index (χ2n) is 8.10. The molecule has 2 heterocycles. The summed E-state index contributed by atoms with van der Waals surface area (Å²) in [6, 6.07) is 4.32. The molecule has 2 aliphatic heterocycles. The monoisotopic (exact) mass is 407 g/mol. The molecule has 0 aliphatic carbocycles. The summed E-state index contributed by atoms with van der Waals surface area (Å²) < 4.78 is 21.7. The summed E-state index contributed by atoms with van der Waals surface area (Å²) in [6.07, 6.45) is 5.07. The van der Waals surface area contributed by atoms with E-state index in [1.54, 1.807) is 28.4 Å². The van der Waals surface area contributed by atoms with Crippen molar-refractivity contribution < 1.29 is 18.9 Å². The van der Waals surface area contributed by atoms with E-state index in [-0.39, 0.29) is 6.04 Å². The van der Waals surface area contributed by atoms with E-state index in [0.29, 0.717) is 23.2 Å². The molecule has 2 fully saturated rings. The average Bonchev–Trinajstić information content (AvgIpc) is 3.22. The highest BCUT2D eigenvalue weighted by Gasteiger charge is 2.32. The van der Waals surface area contributed by atoms with Gasteiger partial charge in [0, 0.05) is 32.7 Å². The van der Waals surface area contributed by atoms with Crippen LogP contribution in [0.1, 0.15) is 37.3 Å². The third kappa shape index (κ3) is 5.54. The van der Waals surface area contributed by atoms with E-state index in [1.165, 1.54) is 38.8 Å². The summed E-state index contributed by atoms with van der Waals surface area (Å²) >= 11 is 0. The minimum atomic E-state index is 0.211. The van der Waals surface area contributed by atoms with Gasteiger partial charge in [-0.25, -0.2) is 5.43 Å². The summed E-state index contributed by atoms with van der Waals surface area (Å²) in [5.74, 6) is 3.38. The molecule has 164 valence electrons. The Bertz CT molecular complexity index is 609. The van der Waals surface area contributed by atoms with E-state index in [2.05, 4.69) is 27.9 Å². The van der Waals surface area contributed by atoms with Crippen LogP contribution < -0.4 is 25.1 Å². The van der Waals surface area contributed by atoms with Crippen LogP contribution in [0.5, 0.6) is 17.2 Å². The Morgan fingerprint density at radius 2 is 1.69 bits per heavy atom. The average molecular weight is 408 g/mol. The molecule has 0 amide bonds. The molecule has 0 saturated carbocycles. The Labute approximate surface area is 175 Å². The number of nitrogens with zero attached hydrogens (tertiary/aromatic N) is 1. The smallest absolute Gasteiger partial charge is 0.203 e. The molecule has 2 saturated heterocycles. The minimum Gasteiger partial charge on any atom is -0.493 e. The number of likely N-dealkylation sites (tertiary alicyclic amines) is 1. The fourth-order valence-electron chi connectivity index (χ4n) is 4.65. The van der Waals surface area contributed by atoms with E-state index in [9.17, 15) is 0 Å². The molecule has 1 aromatic carbocycles. The SMILES string of the molecule is COCCCC1CCN(CC2CNNC2c2cc(OC)c(OC)c(OC)c2)CC1. The fraction of sp³-hybridized carbons (Fsp3) is 0.727. The topological polar surface area (TPSA) is 64.2 Å². The minimum absolute atomic E-state index is 0.211. The molecular formula is C22H37N3O4. The van der Waals surface area contributed by atoms with Crippen molar-refractivity contribution in [3.63, 3.8) is 0 Å². The normalized spacial score (nSPS) is 23.3. The second kappa shape index (κ2) is 11.0. The lowest BCUT2D eigenvalue weighted by atomic mass is 9.90. The predicted octanol–water partition coefficient (Wildman–Crippen LogP) is 2.62. The number of hydrazine groups is 1. The molecule has 0 bridgehead atoms. The van der Waals surface area contributed by atoms with Crippen LogP contribution in [0.2, 0.25) is 0 Å². The van der Waals surface area contributed by atoms with Crippen LogP contribution in [0, 0.1) is 11.8 Å². The number of benzene rings is 1. The standard InChI is InChI=1S/C22H37N3O4/c1-26-11-5-6-16-7-9-25(10-8-16)15-18-14-23-24-21(18)17-12-19(27-2)22(29-4)20(13-17)28-3/h12-13,16,18,21,23-24H,5-11,14-15H2,1-4H3. The zero-order chi connectivity index (χ0) is 20.6. The van der Waals surface area contributed by atoms with Crippen molar-refractivity contribution in [2.45, 2.75) is 31.7 Å². The Morgan fingerprint density at radius 1 is 1.00 bits per heavy atom. The van der Waals surface area contributed by atoms with Crippen molar-refractivity contribution in [2.75, 3.05) is 61.2 Å². The van der Waals surface area contributed by atoms with Gasteiger partial charge < -0.3 is 23.8 Å². The van der Waals surface area contributed by atoms with Gasteiger partial charge in [-0.2, -0.15) is 0 Å². The highest BCUT2D eigenvalue weighted by atomic mass is 16.5. The van der Waals surface area contributed by atoms with E-state index < -0.39 is 0 Å². The maximum absolute atomic E-state index is 5.54. The van der Waals surface area contributed by atoms with Crippen LogP contribution in [0.15, 0.2) is 12.1 Å². The number of hydrogen-bond acceptors (Lipinski definition) is 7. The van der Waals surface area contributed by atoms with Gasteiger partial charge in [0.05, 0.1) is 27.4 Å². The Kier molecular flexibility index (Phi) is 8.41. The van der Waals surface area contributed by atoms with E-state index in [0.717, 1.165) is 31.2 Å². The van der Waals surface area contributed by atoms with Crippen molar-refractivity contribution in [3.8, 4) is 17.2 Å². The lowest BCUT2D eigenvalue weighted by Gasteiger charge is -2.34. The number of hydrogen-bond donors (Lipinski definition) is 2. The number of methoxy groups -OCH3 is 4. The number of ether oxygens (including phenoxy) is 4. The van der Waals surface area contributed by atoms with Crippen LogP contribution in [0.25, 0.3) is 0 Å². The van der Waals surface area contributed by atoms with Gasteiger partial charge in [-0.15, -0.1) is 0 Å². The summed E-state index contributed by atoms with van der Waals surface area (Å²) in [7, 11) is 6.75. The molecule has 0 radical (unpaired) electrons. The van der Waals surface area contributed by atoms with Gasteiger partial charge >= 0.3 is 0 Å². The van der Waals surface area contributed by atoms with E-state index >= 15 is 0 Å². The molecule has 0 spiro atoms. The van der Waals surface area contributed by atoms with Crippen molar-refractivity contribution in [1.82, 2.24) is 15.8 Å². The highest BCUT2D eigenvalue weighted by molar-refractivity contribution is 5.54. The third-order valence-corrected chi connectivity index (χ3v) is 6.30. The maximum Gasteiger partial charge on any atom is 0.203 e. The first-order chi connectivity index (χ1) is 14.2. The van der Waals surface area contributed by atoms with Gasteiger partial charge in [0.1, 0.15) is 0 Å². The lowest BCUT2D eigenvalue weighted by Crippen LogP contribution is -2.39. The van der Waals surface area contributed by atoms with Gasteiger partial charge in [0.15, 0.2) is 11.5 Å². The molecular weight excluding hydrogens is 370 g/mol. The molecule has 1 aromatic rings. The molecule has 7 nitrogen and oxygen atoms in total. The van der Waals surface area contributed by atoms with Gasteiger partial charge in [-0.1, -0.05) is 0 Å². The predicted molar refractivity (Wildman–Crippen MR) is 114 cm³/mol. The van der Waals surface area contributed by atoms with Crippen molar-refractivity contribution in [2.24, 2.45) is 11.8 Å². The summed E-state index contributed by atoms with van der Waals surface area (Å²) in [5.41, 5.74) is 7.96. The summed E-state index contributed by atoms with van der Waals surface area (Å²) in [6.45, 7) is 5.31. The van der Waals surface area contributed by atoms with Crippen molar-refractivity contribution in [1.29, 1.82) is 0 Å². The van der Waals surface area contributed by atoms with Crippen LogP contribution in [-0.4, -0.2) is 66.1 Å². The first-order valence-corrected chi connectivity index (χ1v) is 10.7. The van der Waals surface area contributed by atoms with Crippen LogP contribution >= 0.6 is 0 Å². The maximum atomic E-state index is 5.54. The fourth-order valence-corrected chi connectivity index (χ4v) is 4.65. The molecule has 2 aliphatic rings. The largest absolute Gasteiger partial charge is 0.493 e. The zero-order valence-electron chi connectivity index (χ0n) is 18.3. The zero-order valence-corrected chi connectivity index (χ0v) is 18.3. The molecule has 2 N–H and O–H groups in total. The van der Waals surface area contributed by atoms with Crippen LogP contribution in [0.3, 0.4) is 0 Å². The number of piperidine rings is 1. The molecule has 29 heavy (non-hydrogen) atoms. The molecule has 2 atom stereocenters. The van der Waals surface area contributed by atoms with Gasteiger partial charge in [-0.3, -0.25) is 5.43 Å². The van der Waals surface area contributed by atoms with Crippen LogP contribution in [0.4, 0.5) is 0 Å². The first-order valence-electron chi connectivity index (χ1n) is 10.7. The molecule has 2 unspecified atom stereocenters. The van der Waals surface area contributed by atoms with Crippen molar-refractivity contribution >= 4 is 0 Å². The van der Waals surface area contributed by atoms with Crippen molar-refractivity contribution in [3.05, 3.63) is 17.7 Å². The third-order valence-electron chi connectivity index (χ3n) is 6.30. The van der Waals surface area contributed by atoms with Gasteiger partial charge in [0.2, 0.25) is 5.75 Å².